The van der Waals surface area contributed by atoms with Gasteiger partial charge in [-0.1, -0.05) is 48.5 Å². The van der Waals surface area contributed by atoms with E-state index < -0.39 is 5.97 Å². The van der Waals surface area contributed by atoms with E-state index in [0.717, 1.165) is 22.0 Å². The number of fused-ring (bicyclic) bond motifs is 1. The van der Waals surface area contributed by atoms with Crippen molar-refractivity contribution >= 4 is 16.7 Å². The number of hydrogen-bond acceptors (Lipinski definition) is 4. The summed E-state index contributed by atoms with van der Waals surface area (Å²) in [4.78, 5) is 11.0. The van der Waals surface area contributed by atoms with Gasteiger partial charge in [0.15, 0.2) is 0 Å². The van der Waals surface area contributed by atoms with Gasteiger partial charge in [0, 0.05) is 16.3 Å². The Balaban J connectivity index is 1.76. The van der Waals surface area contributed by atoms with E-state index in [-0.39, 0.29) is 5.56 Å². The van der Waals surface area contributed by atoms with Crippen LogP contribution >= 0.6 is 0 Å². The minimum Gasteiger partial charge on any atom is -0.478 e. The largest absolute Gasteiger partial charge is 0.478 e. The number of carboxylic acids is 1. The van der Waals surface area contributed by atoms with Gasteiger partial charge in [0.25, 0.3) is 0 Å². The molecule has 4 rings (SSSR count). The molecule has 0 saturated heterocycles. The maximum atomic E-state index is 11.0. The number of carbonyl (C=O) groups is 1. The van der Waals surface area contributed by atoms with Crippen molar-refractivity contribution in [1.29, 1.82) is 0 Å². The van der Waals surface area contributed by atoms with Gasteiger partial charge >= 0.3 is 5.97 Å². The highest BCUT2D eigenvalue weighted by atomic mass is 16.5. The first-order valence-corrected chi connectivity index (χ1v) is 8.04. The van der Waals surface area contributed by atoms with Gasteiger partial charge in [-0.15, -0.1) is 10.2 Å². The SMILES string of the molecule is O=C(O)c1ccc(Oc2nnc(-c3ccccc3)c3ccccc23)cc1. The number of aromatic nitrogens is 2. The molecular weight excluding hydrogens is 328 g/mol. The van der Waals surface area contributed by atoms with E-state index in [1.54, 1.807) is 12.1 Å². The third-order valence-corrected chi connectivity index (χ3v) is 4.02. The van der Waals surface area contributed by atoms with Crippen LogP contribution in [0.5, 0.6) is 11.6 Å². The molecule has 5 nitrogen and oxygen atoms in total. The second-order valence-electron chi connectivity index (χ2n) is 5.70. The summed E-state index contributed by atoms with van der Waals surface area (Å²) in [6.07, 6.45) is 0. The molecule has 0 aliphatic carbocycles. The predicted octanol–water partition coefficient (Wildman–Crippen LogP) is 4.79. The molecule has 0 saturated carbocycles. The Morgan fingerprint density at radius 1 is 0.769 bits per heavy atom. The highest BCUT2D eigenvalue weighted by molar-refractivity contribution is 5.97. The van der Waals surface area contributed by atoms with Crippen LogP contribution in [0.25, 0.3) is 22.0 Å². The van der Waals surface area contributed by atoms with Crippen molar-refractivity contribution in [1.82, 2.24) is 10.2 Å². The standard InChI is InChI=1S/C21H14N2O3/c24-21(25)15-10-12-16(13-11-15)26-20-18-9-5-4-8-17(18)19(22-23-20)14-6-2-1-3-7-14/h1-13H,(H,24,25). The third kappa shape index (κ3) is 2.98. The lowest BCUT2D eigenvalue weighted by atomic mass is 10.1. The molecule has 5 heteroatoms. The highest BCUT2D eigenvalue weighted by Gasteiger charge is 2.12. The molecule has 0 unspecified atom stereocenters. The Morgan fingerprint density at radius 2 is 1.42 bits per heavy atom. The Morgan fingerprint density at radius 3 is 2.12 bits per heavy atom. The normalized spacial score (nSPS) is 10.6. The van der Waals surface area contributed by atoms with Crippen LogP contribution in [0.2, 0.25) is 0 Å². The monoisotopic (exact) mass is 342 g/mol. The quantitative estimate of drug-likeness (QED) is 0.577. The molecule has 3 aromatic carbocycles. The van der Waals surface area contributed by atoms with Crippen molar-refractivity contribution in [3.05, 3.63) is 84.4 Å². The van der Waals surface area contributed by atoms with Gasteiger partial charge in [0.2, 0.25) is 5.88 Å². The van der Waals surface area contributed by atoms with Crippen LogP contribution in [0, 0.1) is 0 Å². The van der Waals surface area contributed by atoms with Crippen molar-refractivity contribution in [3.63, 3.8) is 0 Å². The van der Waals surface area contributed by atoms with E-state index in [4.69, 9.17) is 9.84 Å². The number of benzene rings is 3. The molecule has 4 aromatic rings. The average molecular weight is 342 g/mol. The van der Waals surface area contributed by atoms with Crippen molar-refractivity contribution < 1.29 is 14.6 Å². The number of carboxylic acid groups (broad SMARTS) is 1. The lowest BCUT2D eigenvalue weighted by Crippen LogP contribution is -1.97. The van der Waals surface area contributed by atoms with E-state index >= 15 is 0 Å². The van der Waals surface area contributed by atoms with Crippen LogP contribution in [0.1, 0.15) is 10.4 Å². The van der Waals surface area contributed by atoms with Crippen molar-refractivity contribution in [2.45, 2.75) is 0 Å². The first kappa shape index (κ1) is 15.8. The summed E-state index contributed by atoms with van der Waals surface area (Å²) < 4.78 is 5.85. The molecule has 0 spiro atoms. The van der Waals surface area contributed by atoms with Gasteiger partial charge in [-0.3, -0.25) is 0 Å². The second kappa shape index (κ2) is 6.64. The fourth-order valence-corrected chi connectivity index (χ4v) is 2.74. The summed E-state index contributed by atoms with van der Waals surface area (Å²) in [5, 5.41) is 19.4. The zero-order valence-electron chi connectivity index (χ0n) is 13.7. The van der Waals surface area contributed by atoms with E-state index in [2.05, 4.69) is 10.2 Å². The Kier molecular flexibility index (Phi) is 4.03. The number of nitrogens with zero attached hydrogens (tertiary/aromatic N) is 2. The average Bonchev–Trinajstić information content (AvgIpc) is 2.69. The summed E-state index contributed by atoms with van der Waals surface area (Å²) in [5.74, 6) is -0.0979. The van der Waals surface area contributed by atoms with Crippen LogP contribution < -0.4 is 4.74 Å². The first-order chi connectivity index (χ1) is 12.7. The fraction of sp³-hybridized carbons (Fsp3) is 0. The zero-order chi connectivity index (χ0) is 17.9. The number of hydrogen-bond donors (Lipinski definition) is 1. The summed E-state index contributed by atoms with van der Waals surface area (Å²) in [6.45, 7) is 0. The molecule has 0 aliphatic heterocycles. The molecule has 1 N–H and O–H groups in total. The summed E-state index contributed by atoms with van der Waals surface area (Å²) in [5.41, 5.74) is 1.97. The lowest BCUT2D eigenvalue weighted by molar-refractivity contribution is 0.0697. The molecule has 0 bridgehead atoms. The minimum absolute atomic E-state index is 0.202. The van der Waals surface area contributed by atoms with Gasteiger partial charge in [0.05, 0.1) is 5.56 Å². The Labute approximate surface area is 149 Å². The number of aromatic carboxylic acids is 1. The first-order valence-electron chi connectivity index (χ1n) is 8.04. The minimum atomic E-state index is -0.978. The maximum Gasteiger partial charge on any atom is 0.335 e. The second-order valence-corrected chi connectivity index (χ2v) is 5.70. The molecular formula is C21H14N2O3. The van der Waals surface area contributed by atoms with E-state index in [0.29, 0.717) is 11.6 Å². The van der Waals surface area contributed by atoms with Crippen molar-refractivity contribution in [3.8, 4) is 22.9 Å². The van der Waals surface area contributed by atoms with E-state index in [1.165, 1.54) is 12.1 Å². The Bertz CT molecular complexity index is 1080. The predicted molar refractivity (Wildman–Crippen MR) is 98.4 cm³/mol. The van der Waals surface area contributed by atoms with Crippen LogP contribution in [0.15, 0.2) is 78.9 Å². The molecule has 1 heterocycles. The van der Waals surface area contributed by atoms with Gasteiger partial charge in [-0.05, 0) is 30.3 Å². The number of ether oxygens (including phenoxy) is 1. The number of rotatable bonds is 4. The van der Waals surface area contributed by atoms with E-state index in [9.17, 15) is 4.79 Å². The maximum absolute atomic E-state index is 11.0. The highest BCUT2D eigenvalue weighted by Crippen LogP contribution is 2.32. The molecule has 0 fully saturated rings. The Hall–Kier alpha value is -3.73. The molecule has 1 aromatic heterocycles. The van der Waals surface area contributed by atoms with Crippen LogP contribution in [0.4, 0.5) is 0 Å². The van der Waals surface area contributed by atoms with Crippen LogP contribution in [-0.2, 0) is 0 Å². The molecule has 126 valence electrons. The fourth-order valence-electron chi connectivity index (χ4n) is 2.74. The molecule has 0 amide bonds. The van der Waals surface area contributed by atoms with Gasteiger partial charge in [-0.2, -0.15) is 0 Å². The summed E-state index contributed by atoms with van der Waals surface area (Å²) in [6, 6.07) is 23.8. The molecule has 26 heavy (non-hydrogen) atoms. The zero-order valence-corrected chi connectivity index (χ0v) is 13.7. The van der Waals surface area contributed by atoms with Crippen molar-refractivity contribution in [2.75, 3.05) is 0 Å². The topological polar surface area (TPSA) is 72.3 Å². The molecule has 0 radical (unpaired) electrons. The van der Waals surface area contributed by atoms with Gasteiger partial charge < -0.3 is 9.84 Å². The molecule has 0 aliphatic rings. The third-order valence-electron chi connectivity index (χ3n) is 4.02. The van der Waals surface area contributed by atoms with Crippen LogP contribution in [-0.4, -0.2) is 21.3 Å². The summed E-state index contributed by atoms with van der Waals surface area (Å²) in [7, 11) is 0. The van der Waals surface area contributed by atoms with E-state index in [1.807, 2.05) is 54.6 Å². The van der Waals surface area contributed by atoms with Crippen LogP contribution in [0.3, 0.4) is 0 Å². The summed E-state index contributed by atoms with van der Waals surface area (Å²) >= 11 is 0. The lowest BCUT2D eigenvalue weighted by Gasteiger charge is -2.10. The van der Waals surface area contributed by atoms with Gasteiger partial charge in [-0.25, -0.2) is 4.79 Å². The molecule has 0 atom stereocenters. The van der Waals surface area contributed by atoms with Crippen molar-refractivity contribution in [2.24, 2.45) is 0 Å². The van der Waals surface area contributed by atoms with Gasteiger partial charge in [0.1, 0.15) is 11.4 Å². The smallest absolute Gasteiger partial charge is 0.335 e.